The first kappa shape index (κ1) is 51.8. The molecule has 1 aromatic heterocycles. The average molecular weight is 1080 g/mol. The fraction of sp³-hybridized carbons (Fsp3) is 0.421. The van der Waals surface area contributed by atoms with Crippen molar-refractivity contribution in [3.05, 3.63) is 167 Å². The van der Waals surface area contributed by atoms with Crippen molar-refractivity contribution in [2.45, 2.75) is 205 Å². The lowest BCUT2D eigenvalue weighted by Crippen LogP contribution is -2.64. The van der Waals surface area contributed by atoms with Crippen molar-refractivity contribution in [1.82, 2.24) is 0 Å². The number of hydrogen-bond acceptors (Lipinski definition) is 4. The van der Waals surface area contributed by atoms with Crippen molar-refractivity contribution in [2.75, 3.05) is 14.7 Å². The summed E-state index contributed by atoms with van der Waals surface area (Å²) in [5.41, 5.74) is 26.5. The lowest BCUT2D eigenvalue weighted by atomic mass is 9.36. The van der Waals surface area contributed by atoms with Gasteiger partial charge in [0.05, 0.1) is 22.5 Å². The Morgan fingerprint density at radius 2 is 1.02 bits per heavy atom. The average Bonchev–Trinajstić information content (AvgIpc) is 4.10. The zero-order valence-corrected chi connectivity index (χ0v) is 51.9. The fourth-order valence-electron chi connectivity index (χ4n) is 17.7. The van der Waals surface area contributed by atoms with Gasteiger partial charge in [0.25, 0.3) is 6.71 Å². The van der Waals surface area contributed by atoms with Crippen molar-refractivity contribution in [3.63, 3.8) is 0 Å². The van der Waals surface area contributed by atoms with Crippen LogP contribution in [0.2, 0.25) is 0 Å². The third kappa shape index (κ3) is 6.94. The fourth-order valence-corrected chi connectivity index (χ4v) is 19.0. The van der Waals surface area contributed by atoms with Crippen LogP contribution in [0.5, 0.6) is 0 Å². The van der Waals surface area contributed by atoms with Gasteiger partial charge in [0, 0.05) is 59.7 Å². The van der Waals surface area contributed by atoms with Gasteiger partial charge in [-0.3, -0.25) is 0 Å². The third-order valence-electron chi connectivity index (χ3n) is 23.1. The molecule has 3 aliphatic carbocycles. The van der Waals surface area contributed by atoms with Gasteiger partial charge in [0.2, 0.25) is 0 Å². The van der Waals surface area contributed by atoms with Gasteiger partial charge in [-0.1, -0.05) is 194 Å². The molecule has 8 aromatic rings. The van der Waals surface area contributed by atoms with Crippen LogP contribution >= 0.6 is 11.3 Å². The van der Waals surface area contributed by atoms with Crippen LogP contribution in [-0.4, -0.2) is 17.8 Å². The molecule has 7 aromatic carbocycles. The quantitative estimate of drug-likeness (QED) is 0.163. The van der Waals surface area contributed by atoms with Gasteiger partial charge in [-0.2, -0.15) is 0 Å². The monoisotopic (exact) mass is 1080 g/mol. The highest BCUT2D eigenvalue weighted by Crippen LogP contribution is 2.66. The molecule has 0 amide bonds. The van der Waals surface area contributed by atoms with Gasteiger partial charge >= 0.3 is 0 Å². The van der Waals surface area contributed by atoms with E-state index in [1.165, 1.54) is 161 Å². The van der Waals surface area contributed by atoms with E-state index in [0.29, 0.717) is 0 Å². The summed E-state index contributed by atoms with van der Waals surface area (Å²) >= 11 is 2.11. The minimum absolute atomic E-state index is 0.0295. The topological polar surface area (TPSA) is 9.72 Å². The van der Waals surface area contributed by atoms with E-state index in [2.05, 4.69) is 256 Å². The van der Waals surface area contributed by atoms with Crippen LogP contribution in [0.1, 0.15) is 195 Å². The number of benzene rings is 7. The number of hydrogen-bond donors (Lipinski definition) is 0. The van der Waals surface area contributed by atoms with Crippen LogP contribution in [0.3, 0.4) is 0 Å². The van der Waals surface area contributed by atoms with E-state index < -0.39 is 0 Å². The summed E-state index contributed by atoms with van der Waals surface area (Å²) in [6.07, 6.45) is 12.0. The second-order valence-electron chi connectivity index (χ2n) is 30.6. The molecule has 15 rings (SSSR count). The first-order valence-corrected chi connectivity index (χ1v) is 32.0. The highest BCUT2D eigenvalue weighted by Gasteiger charge is 2.63. The number of rotatable bonds is 4. The molecule has 412 valence electrons. The minimum Gasteiger partial charge on any atom is -0.335 e. The minimum atomic E-state index is -0.155. The van der Waals surface area contributed by atoms with Gasteiger partial charge in [0.1, 0.15) is 0 Å². The summed E-state index contributed by atoms with van der Waals surface area (Å²) in [6, 6.07) is 53.9. The van der Waals surface area contributed by atoms with Crippen molar-refractivity contribution in [1.29, 1.82) is 0 Å². The Hall–Kier alpha value is -6.04. The van der Waals surface area contributed by atoms with E-state index >= 15 is 0 Å². The van der Waals surface area contributed by atoms with Gasteiger partial charge in [-0.05, 0) is 184 Å². The van der Waals surface area contributed by atoms with Crippen LogP contribution in [0, 0.1) is 0 Å². The molecule has 5 heterocycles. The van der Waals surface area contributed by atoms with Crippen LogP contribution in [0.25, 0.3) is 32.3 Å². The molecule has 5 heteroatoms. The molecule has 0 N–H and O–H groups in total. The summed E-state index contributed by atoms with van der Waals surface area (Å²) in [5, 5.41) is 1.40. The highest BCUT2D eigenvalue weighted by atomic mass is 32.1. The highest BCUT2D eigenvalue weighted by molar-refractivity contribution is 7.33. The van der Waals surface area contributed by atoms with Crippen LogP contribution < -0.4 is 30.4 Å². The maximum atomic E-state index is 3.00. The number of nitrogens with zero attached hydrogens (tertiary/aromatic N) is 3. The molecule has 0 saturated heterocycles. The van der Waals surface area contributed by atoms with Crippen LogP contribution in [0.4, 0.5) is 39.8 Å². The number of fused-ring (bicyclic) bond motifs is 13. The Morgan fingerprint density at radius 1 is 0.444 bits per heavy atom. The lowest BCUT2D eigenvalue weighted by molar-refractivity contribution is 0.194. The predicted molar refractivity (Wildman–Crippen MR) is 350 cm³/mol. The van der Waals surface area contributed by atoms with Gasteiger partial charge in [-0.15, -0.1) is 11.3 Å². The first-order chi connectivity index (χ1) is 38.4. The van der Waals surface area contributed by atoms with E-state index in [9.17, 15) is 0 Å². The molecule has 2 saturated carbocycles. The molecular weight excluding hydrogens is 998 g/mol. The van der Waals surface area contributed by atoms with Crippen molar-refractivity contribution in [2.24, 2.45) is 0 Å². The third-order valence-corrected chi connectivity index (χ3v) is 24.3. The zero-order valence-electron chi connectivity index (χ0n) is 51.1. The van der Waals surface area contributed by atoms with E-state index in [1.807, 2.05) is 0 Å². The summed E-state index contributed by atoms with van der Waals surface area (Å²) < 4.78 is 2.91. The largest absolute Gasteiger partial charge is 0.335 e. The smallest absolute Gasteiger partial charge is 0.264 e. The summed E-state index contributed by atoms with van der Waals surface area (Å²) in [6.45, 7) is 35.2. The second-order valence-corrected chi connectivity index (χ2v) is 31.7. The van der Waals surface area contributed by atoms with Crippen LogP contribution in [0.15, 0.2) is 133 Å². The maximum absolute atomic E-state index is 3.00. The van der Waals surface area contributed by atoms with Gasteiger partial charge in [0.15, 0.2) is 0 Å². The Bertz CT molecular complexity index is 3960. The SMILES string of the molecule is CC(C)(C)c1ccc(N2c3cc(N4c5ccc(-c6ccccc6)cc5C5(C)CCCCC45C)cc4c3B(c3cc(C(C)(C)C)cc5c3N4C3(C)CCCCC53C)c3sc4cc5c(cc4c32)C(C)(C)CCC5(C)C)c(-c2ccccc2)c1. The Kier molecular flexibility index (Phi) is 10.8. The second kappa shape index (κ2) is 16.8. The van der Waals surface area contributed by atoms with Crippen molar-refractivity contribution >= 4 is 83.6 Å². The molecule has 4 aliphatic heterocycles. The number of anilines is 7. The number of thiophene rings is 1. The summed E-state index contributed by atoms with van der Waals surface area (Å²) in [7, 11) is 0. The molecule has 0 radical (unpaired) electrons. The molecule has 4 atom stereocenters. The lowest BCUT2D eigenvalue weighted by Gasteiger charge is -2.53. The Labute approximate surface area is 489 Å². The maximum Gasteiger partial charge on any atom is 0.264 e. The molecule has 0 bridgehead atoms. The standard InChI is InChI=1S/C76H84BN3S/c1-69(2,3)50-30-32-60(53(40-50)48-27-19-16-20-28-48)78-62-43-52(79-61-31-29-49(47-25-17-15-18-26-47)39-57(61)73(11)33-21-23-35-75(73,79)13)44-63-65(62)77(68-66(78)54-45-55-56(46-64(54)81-68)72(9,10)38-37-71(55,7)8)59-42-51(70(4,5)6)41-58-67(59)80(63)76(14)36-24-22-34-74(58,76)12/h15-20,25-32,39-46H,21-24,33-38H2,1-14H3. The normalized spacial score (nSPS) is 25.5. The van der Waals surface area contributed by atoms with Crippen molar-refractivity contribution < 1.29 is 0 Å². The zero-order chi connectivity index (χ0) is 56.3. The first-order valence-electron chi connectivity index (χ1n) is 31.2. The summed E-state index contributed by atoms with van der Waals surface area (Å²) in [5.74, 6) is 0. The molecular formula is C76H84BN3S. The molecule has 2 fully saturated rings. The van der Waals surface area contributed by atoms with Crippen molar-refractivity contribution in [3.8, 4) is 22.3 Å². The molecule has 4 unspecified atom stereocenters. The van der Waals surface area contributed by atoms with E-state index in [0.717, 1.165) is 12.8 Å². The molecule has 81 heavy (non-hydrogen) atoms. The molecule has 7 aliphatic rings. The summed E-state index contributed by atoms with van der Waals surface area (Å²) in [4.78, 5) is 8.76. The van der Waals surface area contributed by atoms with E-state index in [1.54, 1.807) is 11.1 Å². The van der Waals surface area contributed by atoms with E-state index in [-0.39, 0.29) is 50.3 Å². The molecule has 0 spiro atoms. The van der Waals surface area contributed by atoms with E-state index in [4.69, 9.17) is 0 Å². The van der Waals surface area contributed by atoms with Gasteiger partial charge < -0.3 is 14.7 Å². The Morgan fingerprint density at radius 3 is 1.68 bits per heavy atom. The Balaban J connectivity index is 1.11. The van der Waals surface area contributed by atoms with Gasteiger partial charge in [-0.25, -0.2) is 0 Å². The predicted octanol–water partition coefficient (Wildman–Crippen LogP) is 19.3. The molecule has 3 nitrogen and oxygen atoms in total. The van der Waals surface area contributed by atoms with Crippen LogP contribution in [-0.2, 0) is 32.5 Å².